The molecule has 1 aliphatic rings. The van der Waals surface area contributed by atoms with Crippen molar-refractivity contribution in [3.05, 3.63) is 34.0 Å². The Balaban J connectivity index is 1.68. The van der Waals surface area contributed by atoms with Crippen LogP contribution < -0.4 is 4.72 Å². The summed E-state index contributed by atoms with van der Waals surface area (Å²) in [5, 5.41) is 4.41. The first kappa shape index (κ1) is 16.6. The molecule has 0 spiro atoms. The fraction of sp³-hybridized carbons (Fsp3) is 0.571. The number of sulfonamides is 1. The van der Waals surface area contributed by atoms with Crippen LogP contribution in [0.25, 0.3) is 0 Å². The van der Waals surface area contributed by atoms with Gasteiger partial charge in [-0.15, -0.1) is 11.3 Å². The summed E-state index contributed by atoms with van der Waals surface area (Å²) in [6, 6.07) is 2.21. The van der Waals surface area contributed by atoms with Gasteiger partial charge >= 0.3 is 0 Å². The lowest BCUT2D eigenvalue weighted by Gasteiger charge is -2.33. The van der Waals surface area contributed by atoms with Crippen molar-refractivity contribution in [2.45, 2.75) is 32.5 Å². The largest absolute Gasteiger partial charge is 0.290 e. The fourth-order valence-electron chi connectivity index (χ4n) is 2.89. The van der Waals surface area contributed by atoms with E-state index in [1.165, 1.54) is 16.8 Å². The highest BCUT2D eigenvalue weighted by Gasteiger charge is 2.26. The lowest BCUT2D eigenvalue weighted by Crippen LogP contribution is -2.38. The topological polar surface area (TPSA) is 80.1 Å². The third-order valence-electron chi connectivity index (χ3n) is 4.01. The molecule has 0 aromatic carbocycles. The molecule has 0 aliphatic carbocycles. The van der Waals surface area contributed by atoms with E-state index in [1.54, 1.807) is 11.3 Å². The van der Waals surface area contributed by atoms with Gasteiger partial charge in [-0.1, -0.05) is 0 Å². The fourth-order valence-corrected chi connectivity index (χ4v) is 4.20. The molecule has 1 unspecified atom stereocenters. The molecule has 0 fully saturated rings. The van der Waals surface area contributed by atoms with Crippen LogP contribution in [0.3, 0.4) is 0 Å². The molecule has 0 radical (unpaired) electrons. The highest BCUT2D eigenvalue weighted by atomic mass is 32.2. The van der Waals surface area contributed by atoms with Gasteiger partial charge in [-0.25, -0.2) is 18.1 Å². The Kier molecular flexibility index (Phi) is 4.81. The van der Waals surface area contributed by atoms with Crippen LogP contribution in [0, 0.1) is 6.92 Å². The van der Waals surface area contributed by atoms with Crippen molar-refractivity contribution in [2.75, 3.05) is 19.3 Å². The second kappa shape index (κ2) is 6.68. The summed E-state index contributed by atoms with van der Waals surface area (Å²) < 4.78 is 27.1. The summed E-state index contributed by atoms with van der Waals surface area (Å²) in [5.74, 6) is 0. The molecule has 3 rings (SSSR count). The van der Waals surface area contributed by atoms with Crippen molar-refractivity contribution in [2.24, 2.45) is 0 Å². The molecule has 0 saturated heterocycles. The molecule has 126 valence electrons. The van der Waals surface area contributed by atoms with E-state index in [-0.39, 0.29) is 6.04 Å². The van der Waals surface area contributed by atoms with Crippen molar-refractivity contribution in [1.29, 1.82) is 0 Å². The average molecular weight is 355 g/mol. The van der Waals surface area contributed by atoms with E-state index in [0.29, 0.717) is 6.54 Å². The van der Waals surface area contributed by atoms with Gasteiger partial charge in [0.25, 0.3) is 0 Å². The summed E-state index contributed by atoms with van der Waals surface area (Å²) in [6.07, 6.45) is 3.72. The van der Waals surface area contributed by atoms with Gasteiger partial charge in [0.15, 0.2) is 0 Å². The highest BCUT2D eigenvalue weighted by molar-refractivity contribution is 7.88. The van der Waals surface area contributed by atoms with Crippen LogP contribution in [0.1, 0.15) is 28.7 Å². The highest BCUT2D eigenvalue weighted by Crippen LogP contribution is 2.25. The van der Waals surface area contributed by atoms with Crippen LogP contribution in [0.15, 0.2) is 17.8 Å². The predicted molar refractivity (Wildman–Crippen MR) is 89.7 cm³/mol. The predicted octanol–water partition coefficient (Wildman–Crippen LogP) is 1.14. The van der Waals surface area contributed by atoms with Crippen LogP contribution >= 0.6 is 11.3 Å². The Hall–Kier alpha value is -1.29. The monoisotopic (exact) mass is 355 g/mol. The van der Waals surface area contributed by atoms with E-state index in [2.05, 4.69) is 19.7 Å². The first-order valence-electron chi connectivity index (χ1n) is 7.51. The quantitative estimate of drug-likeness (QED) is 0.841. The van der Waals surface area contributed by atoms with E-state index in [0.717, 1.165) is 31.7 Å². The second-order valence-corrected chi connectivity index (χ2v) is 8.68. The van der Waals surface area contributed by atoms with Gasteiger partial charge < -0.3 is 0 Å². The van der Waals surface area contributed by atoms with Gasteiger partial charge in [-0.3, -0.25) is 9.58 Å². The summed E-state index contributed by atoms with van der Waals surface area (Å²) in [7, 11) is -3.15. The SMILES string of the molecule is Cc1ncsc1CN1Cc2ccnn2C(CCNS(C)(=O)=O)C1. The minimum atomic E-state index is -3.15. The third-order valence-corrected chi connectivity index (χ3v) is 5.65. The standard InChI is InChI=1S/C14H21N5O2S2/c1-11-14(22-10-15-11)9-18-7-12-3-5-16-19(12)13(8-18)4-6-17-23(2,20)21/h3,5,10,13,17H,4,6-9H2,1-2H3. The van der Waals surface area contributed by atoms with Crippen molar-refractivity contribution < 1.29 is 8.42 Å². The van der Waals surface area contributed by atoms with Gasteiger partial charge in [0.2, 0.25) is 10.0 Å². The Morgan fingerprint density at radius 2 is 2.30 bits per heavy atom. The van der Waals surface area contributed by atoms with Crippen molar-refractivity contribution >= 4 is 21.4 Å². The van der Waals surface area contributed by atoms with Crippen LogP contribution in [0.4, 0.5) is 0 Å². The van der Waals surface area contributed by atoms with Crippen molar-refractivity contribution in [3.8, 4) is 0 Å². The number of nitrogens with zero attached hydrogens (tertiary/aromatic N) is 4. The van der Waals surface area contributed by atoms with Crippen LogP contribution in [-0.2, 0) is 23.1 Å². The average Bonchev–Trinajstić information content (AvgIpc) is 3.07. The summed E-state index contributed by atoms with van der Waals surface area (Å²) in [4.78, 5) is 7.97. The Morgan fingerprint density at radius 1 is 1.48 bits per heavy atom. The maximum absolute atomic E-state index is 11.2. The summed E-state index contributed by atoms with van der Waals surface area (Å²) in [5.41, 5.74) is 4.14. The van der Waals surface area contributed by atoms with Crippen LogP contribution in [0.5, 0.6) is 0 Å². The van der Waals surface area contributed by atoms with Crippen molar-refractivity contribution in [1.82, 2.24) is 24.4 Å². The molecule has 2 aromatic rings. The maximum atomic E-state index is 11.2. The number of hydrogen-bond donors (Lipinski definition) is 1. The number of fused-ring (bicyclic) bond motifs is 1. The van der Waals surface area contributed by atoms with Gasteiger partial charge in [0.1, 0.15) is 0 Å². The molecule has 0 bridgehead atoms. The van der Waals surface area contributed by atoms with Gasteiger partial charge in [-0.05, 0) is 19.4 Å². The normalized spacial score (nSPS) is 19.0. The van der Waals surface area contributed by atoms with Crippen LogP contribution in [-0.4, -0.2) is 47.4 Å². The molecule has 23 heavy (non-hydrogen) atoms. The number of aromatic nitrogens is 3. The second-order valence-electron chi connectivity index (χ2n) is 5.91. The summed E-state index contributed by atoms with van der Waals surface area (Å²) >= 11 is 1.68. The number of thiazole rings is 1. The molecule has 9 heteroatoms. The molecular formula is C14H21N5O2S2. The van der Waals surface area contributed by atoms with E-state index in [4.69, 9.17) is 0 Å². The number of hydrogen-bond acceptors (Lipinski definition) is 6. The molecule has 2 aromatic heterocycles. The van der Waals surface area contributed by atoms with E-state index in [9.17, 15) is 8.42 Å². The molecular weight excluding hydrogens is 334 g/mol. The molecule has 1 atom stereocenters. The number of nitrogens with one attached hydrogen (secondary N) is 1. The molecule has 7 nitrogen and oxygen atoms in total. The van der Waals surface area contributed by atoms with E-state index >= 15 is 0 Å². The lowest BCUT2D eigenvalue weighted by molar-refractivity contribution is 0.163. The van der Waals surface area contributed by atoms with Gasteiger partial charge in [0.05, 0.1) is 29.2 Å². The third kappa shape index (κ3) is 4.17. The molecule has 3 heterocycles. The van der Waals surface area contributed by atoms with Crippen LogP contribution in [0.2, 0.25) is 0 Å². The zero-order valence-corrected chi connectivity index (χ0v) is 14.9. The minimum Gasteiger partial charge on any atom is -0.290 e. The zero-order valence-electron chi connectivity index (χ0n) is 13.3. The van der Waals surface area contributed by atoms with E-state index < -0.39 is 10.0 Å². The maximum Gasteiger partial charge on any atom is 0.208 e. The smallest absolute Gasteiger partial charge is 0.208 e. The Bertz CT molecular complexity index is 768. The van der Waals surface area contributed by atoms with Gasteiger partial charge in [0, 0.05) is 37.3 Å². The lowest BCUT2D eigenvalue weighted by atomic mass is 10.1. The van der Waals surface area contributed by atoms with Gasteiger partial charge in [-0.2, -0.15) is 5.10 Å². The first-order chi connectivity index (χ1) is 10.9. The number of aryl methyl sites for hydroxylation is 1. The zero-order chi connectivity index (χ0) is 16.4. The Labute approximate surface area is 140 Å². The van der Waals surface area contributed by atoms with E-state index in [1.807, 2.05) is 29.4 Å². The summed E-state index contributed by atoms with van der Waals surface area (Å²) in [6.45, 7) is 5.05. The van der Waals surface area contributed by atoms with Crippen molar-refractivity contribution in [3.63, 3.8) is 0 Å². The number of rotatable bonds is 6. The molecule has 0 amide bonds. The molecule has 1 N–H and O–H groups in total. The molecule has 1 aliphatic heterocycles. The minimum absolute atomic E-state index is 0.177. The Morgan fingerprint density at radius 3 is 3.00 bits per heavy atom. The first-order valence-corrected chi connectivity index (χ1v) is 10.3. The molecule has 0 saturated carbocycles.